The van der Waals surface area contributed by atoms with Gasteiger partial charge in [0.25, 0.3) is 0 Å². The summed E-state index contributed by atoms with van der Waals surface area (Å²) >= 11 is 0. The number of rotatable bonds is 7. The lowest BCUT2D eigenvalue weighted by Crippen LogP contribution is -1.71. The zero-order valence-corrected chi connectivity index (χ0v) is 8.00. The summed E-state index contributed by atoms with van der Waals surface area (Å²) < 4.78 is 0. The molecule has 0 atom stereocenters. The van der Waals surface area contributed by atoms with Crippen molar-refractivity contribution in [2.75, 3.05) is 6.61 Å². The van der Waals surface area contributed by atoms with Gasteiger partial charge in [-0.1, -0.05) is 44.1 Å². The SMILES string of the molecule is CCCCCC=CCC=CCO. The predicted molar refractivity (Wildman–Crippen MR) is 54.1 cm³/mol. The second-order valence-corrected chi connectivity index (χ2v) is 2.86. The molecule has 1 N–H and O–H groups in total. The van der Waals surface area contributed by atoms with Crippen LogP contribution >= 0.6 is 0 Å². The van der Waals surface area contributed by atoms with Crippen LogP contribution < -0.4 is 0 Å². The Morgan fingerprint density at radius 1 is 1.00 bits per heavy atom. The third-order valence-corrected chi connectivity index (χ3v) is 1.69. The average Bonchev–Trinajstić information content (AvgIpc) is 2.10. The van der Waals surface area contributed by atoms with Crippen molar-refractivity contribution in [3.8, 4) is 0 Å². The Balaban J connectivity index is 3.08. The smallest absolute Gasteiger partial charge is 0.0612 e. The molecule has 0 unspecified atom stereocenters. The molecule has 12 heavy (non-hydrogen) atoms. The van der Waals surface area contributed by atoms with E-state index in [0.717, 1.165) is 6.42 Å². The standard InChI is InChI=1S/C11H20O/c1-2-3-4-5-6-7-8-9-10-11-12/h6-7,9-10,12H,2-5,8,11H2,1H3. The molecule has 1 nitrogen and oxygen atoms in total. The van der Waals surface area contributed by atoms with E-state index in [2.05, 4.69) is 19.1 Å². The first kappa shape index (κ1) is 11.4. The molecule has 0 saturated carbocycles. The Hall–Kier alpha value is -0.560. The highest BCUT2D eigenvalue weighted by molar-refractivity contribution is 4.92. The van der Waals surface area contributed by atoms with Gasteiger partial charge in [-0.25, -0.2) is 0 Å². The minimum atomic E-state index is 0.156. The lowest BCUT2D eigenvalue weighted by atomic mass is 10.2. The summed E-state index contributed by atoms with van der Waals surface area (Å²) in [5, 5.41) is 8.43. The number of unbranched alkanes of at least 4 members (excludes halogenated alkanes) is 3. The summed E-state index contributed by atoms with van der Waals surface area (Å²) in [6, 6.07) is 0. The summed E-state index contributed by atoms with van der Waals surface area (Å²) in [5.74, 6) is 0. The number of hydrogen-bond acceptors (Lipinski definition) is 1. The van der Waals surface area contributed by atoms with Crippen LogP contribution in [0.1, 0.15) is 39.0 Å². The van der Waals surface area contributed by atoms with Crippen LogP contribution in [0.5, 0.6) is 0 Å². The molecule has 0 aliphatic carbocycles. The highest BCUT2D eigenvalue weighted by Gasteiger charge is 1.80. The van der Waals surface area contributed by atoms with Crippen molar-refractivity contribution in [2.24, 2.45) is 0 Å². The third-order valence-electron chi connectivity index (χ3n) is 1.69. The topological polar surface area (TPSA) is 20.2 Å². The quantitative estimate of drug-likeness (QED) is 0.457. The summed E-state index contributed by atoms with van der Waals surface area (Å²) in [5.41, 5.74) is 0. The molecule has 0 aliphatic heterocycles. The lowest BCUT2D eigenvalue weighted by Gasteiger charge is -1.90. The molecule has 0 rings (SSSR count). The highest BCUT2D eigenvalue weighted by Crippen LogP contribution is 2.00. The second kappa shape index (κ2) is 10.4. The Kier molecular flexibility index (Phi) is 9.95. The summed E-state index contributed by atoms with van der Waals surface area (Å²) in [6.45, 7) is 2.37. The van der Waals surface area contributed by atoms with Gasteiger partial charge in [0.2, 0.25) is 0 Å². The van der Waals surface area contributed by atoms with E-state index in [1.807, 2.05) is 6.08 Å². The Labute approximate surface area is 75.8 Å². The molecule has 0 aromatic carbocycles. The largest absolute Gasteiger partial charge is 0.392 e. The van der Waals surface area contributed by atoms with E-state index in [9.17, 15) is 0 Å². The van der Waals surface area contributed by atoms with E-state index < -0.39 is 0 Å². The molecule has 0 heterocycles. The van der Waals surface area contributed by atoms with Crippen molar-refractivity contribution >= 4 is 0 Å². The van der Waals surface area contributed by atoms with Crippen molar-refractivity contribution in [3.63, 3.8) is 0 Å². The van der Waals surface area contributed by atoms with Crippen LogP contribution in [-0.4, -0.2) is 11.7 Å². The number of allylic oxidation sites excluding steroid dienone is 3. The van der Waals surface area contributed by atoms with Gasteiger partial charge in [0.05, 0.1) is 6.61 Å². The van der Waals surface area contributed by atoms with Gasteiger partial charge in [-0.3, -0.25) is 0 Å². The van der Waals surface area contributed by atoms with Gasteiger partial charge < -0.3 is 5.11 Å². The first-order valence-corrected chi connectivity index (χ1v) is 4.82. The molecule has 0 spiro atoms. The Morgan fingerprint density at radius 3 is 2.42 bits per heavy atom. The normalized spacial score (nSPS) is 11.8. The van der Waals surface area contributed by atoms with E-state index in [1.165, 1.54) is 25.7 Å². The second-order valence-electron chi connectivity index (χ2n) is 2.86. The molecule has 0 amide bonds. The van der Waals surface area contributed by atoms with Crippen molar-refractivity contribution < 1.29 is 5.11 Å². The fourth-order valence-electron chi connectivity index (χ4n) is 0.976. The first-order chi connectivity index (χ1) is 5.91. The van der Waals surface area contributed by atoms with Gasteiger partial charge in [-0.2, -0.15) is 0 Å². The van der Waals surface area contributed by atoms with Crippen LogP contribution in [-0.2, 0) is 0 Å². The maximum absolute atomic E-state index is 8.43. The van der Waals surface area contributed by atoms with E-state index >= 15 is 0 Å². The molecule has 0 aromatic rings. The zero-order valence-electron chi connectivity index (χ0n) is 8.00. The summed E-state index contributed by atoms with van der Waals surface area (Å²) in [7, 11) is 0. The molecular formula is C11H20O. The number of aliphatic hydroxyl groups excluding tert-OH is 1. The summed E-state index contributed by atoms with van der Waals surface area (Å²) in [6.07, 6.45) is 14.2. The van der Waals surface area contributed by atoms with Gasteiger partial charge in [-0.05, 0) is 19.3 Å². The van der Waals surface area contributed by atoms with Crippen LogP contribution in [0.15, 0.2) is 24.3 Å². The fraction of sp³-hybridized carbons (Fsp3) is 0.636. The van der Waals surface area contributed by atoms with Crippen LogP contribution in [0.25, 0.3) is 0 Å². The van der Waals surface area contributed by atoms with Gasteiger partial charge in [-0.15, -0.1) is 0 Å². The summed E-state index contributed by atoms with van der Waals surface area (Å²) in [4.78, 5) is 0. The number of hydrogen-bond donors (Lipinski definition) is 1. The predicted octanol–water partition coefficient (Wildman–Crippen LogP) is 3.06. The van der Waals surface area contributed by atoms with Crippen molar-refractivity contribution in [2.45, 2.75) is 39.0 Å². The first-order valence-electron chi connectivity index (χ1n) is 4.82. The molecule has 70 valence electrons. The van der Waals surface area contributed by atoms with E-state index in [1.54, 1.807) is 6.08 Å². The molecule has 0 bridgehead atoms. The van der Waals surface area contributed by atoms with Crippen molar-refractivity contribution in [1.82, 2.24) is 0 Å². The maximum Gasteiger partial charge on any atom is 0.0612 e. The van der Waals surface area contributed by atoms with Crippen molar-refractivity contribution in [1.29, 1.82) is 0 Å². The van der Waals surface area contributed by atoms with E-state index in [0.29, 0.717) is 0 Å². The zero-order chi connectivity index (χ0) is 9.07. The lowest BCUT2D eigenvalue weighted by molar-refractivity contribution is 0.342. The molecule has 0 saturated heterocycles. The highest BCUT2D eigenvalue weighted by atomic mass is 16.2. The van der Waals surface area contributed by atoms with Crippen LogP contribution in [0.4, 0.5) is 0 Å². The van der Waals surface area contributed by atoms with Gasteiger partial charge in [0.15, 0.2) is 0 Å². The minimum absolute atomic E-state index is 0.156. The molecule has 0 aliphatic rings. The van der Waals surface area contributed by atoms with Crippen LogP contribution in [0.3, 0.4) is 0 Å². The van der Waals surface area contributed by atoms with Crippen molar-refractivity contribution in [3.05, 3.63) is 24.3 Å². The molecule has 0 radical (unpaired) electrons. The molecular weight excluding hydrogens is 148 g/mol. The molecule has 0 aromatic heterocycles. The molecule has 0 fully saturated rings. The van der Waals surface area contributed by atoms with Gasteiger partial charge in [0.1, 0.15) is 0 Å². The van der Waals surface area contributed by atoms with Gasteiger partial charge >= 0.3 is 0 Å². The Morgan fingerprint density at radius 2 is 1.75 bits per heavy atom. The minimum Gasteiger partial charge on any atom is -0.392 e. The monoisotopic (exact) mass is 168 g/mol. The van der Waals surface area contributed by atoms with E-state index in [4.69, 9.17) is 5.11 Å². The third kappa shape index (κ3) is 9.44. The Bertz CT molecular complexity index is 125. The van der Waals surface area contributed by atoms with Gasteiger partial charge in [0, 0.05) is 0 Å². The fourth-order valence-corrected chi connectivity index (χ4v) is 0.976. The number of aliphatic hydroxyl groups is 1. The van der Waals surface area contributed by atoms with E-state index in [-0.39, 0.29) is 6.61 Å². The maximum atomic E-state index is 8.43. The van der Waals surface area contributed by atoms with Crippen LogP contribution in [0, 0.1) is 0 Å². The average molecular weight is 168 g/mol. The molecule has 1 heteroatoms. The van der Waals surface area contributed by atoms with Crippen LogP contribution in [0.2, 0.25) is 0 Å².